The lowest BCUT2D eigenvalue weighted by Gasteiger charge is -2.13. The minimum atomic E-state index is -0.231. The van der Waals surface area contributed by atoms with E-state index < -0.39 is 0 Å². The van der Waals surface area contributed by atoms with Gasteiger partial charge in [0.1, 0.15) is 0 Å². The van der Waals surface area contributed by atoms with Crippen LogP contribution < -0.4 is 5.32 Å². The highest BCUT2D eigenvalue weighted by Crippen LogP contribution is 2.30. The number of halogens is 1. The van der Waals surface area contributed by atoms with E-state index in [9.17, 15) is 9.90 Å². The fourth-order valence-corrected chi connectivity index (χ4v) is 5.46. The Bertz CT molecular complexity index is 1510. The maximum Gasteiger partial charge on any atom is 0.255 e. The molecule has 8 heteroatoms. The van der Waals surface area contributed by atoms with Crippen LogP contribution in [0.15, 0.2) is 78.3 Å². The minimum absolute atomic E-state index is 0. The minimum Gasteiger partial charge on any atom is -0.392 e. The van der Waals surface area contributed by atoms with E-state index in [1.807, 2.05) is 72.9 Å². The number of imidazole rings is 1. The Hall–Kier alpha value is -3.23. The smallest absolute Gasteiger partial charge is 0.255 e. The Labute approximate surface area is 213 Å². The number of rotatable bonds is 5. The van der Waals surface area contributed by atoms with Crippen LogP contribution >= 0.6 is 23.7 Å². The average molecular weight is 505 g/mol. The van der Waals surface area contributed by atoms with Gasteiger partial charge in [-0.15, -0.1) is 23.7 Å². The largest absolute Gasteiger partial charge is 0.392 e. The van der Waals surface area contributed by atoms with Crippen molar-refractivity contribution in [2.75, 3.05) is 18.4 Å². The summed E-state index contributed by atoms with van der Waals surface area (Å²) in [6.07, 6.45) is 2.63. The van der Waals surface area contributed by atoms with Gasteiger partial charge in [0.15, 0.2) is 4.96 Å². The number of thiazole rings is 1. The molecule has 0 saturated carbocycles. The van der Waals surface area contributed by atoms with E-state index in [2.05, 4.69) is 20.0 Å². The van der Waals surface area contributed by atoms with E-state index in [1.165, 1.54) is 0 Å². The molecule has 1 fully saturated rings. The van der Waals surface area contributed by atoms with Crippen molar-refractivity contribution in [3.63, 3.8) is 0 Å². The first-order valence-corrected chi connectivity index (χ1v) is 12.3. The molecule has 5 aromatic rings. The summed E-state index contributed by atoms with van der Waals surface area (Å²) in [5.74, 6) is -0.146. The zero-order valence-electron chi connectivity index (χ0n) is 18.9. The highest BCUT2D eigenvalue weighted by atomic mass is 35.5. The van der Waals surface area contributed by atoms with Crippen LogP contribution in [0, 0.1) is 0 Å². The number of aliphatic hydroxyl groups excluding tert-OH is 1. The van der Waals surface area contributed by atoms with Crippen LogP contribution in [0.5, 0.6) is 0 Å². The molecule has 1 saturated heterocycles. The maximum atomic E-state index is 13.1. The van der Waals surface area contributed by atoms with Gasteiger partial charge in [-0.3, -0.25) is 14.1 Å². The van der Waals surface area contributed by atoms with Crippen molar-refractivity contribution >= 4 is 51.1 Å². The first kappa shape index (κ1) is 23.5. The average Bonchev–Trinajstić information content (AvgIpc) is 3.56. The van der Waals surface area contributed by atoms with Gasteiger partial charge in [-0.2, -0.15) is 0 Å². The fourth-order valence-electron chi connectivity index (χ4n) is 4.60. The molecule has 3 aromatic carbocycles. The van der Waals surface area contributed by atoms with Gasteiger partial charge < -0.3 is 10.4 Å². The number of amides is 1. The van der Waals surface area contributed by atoms with Gasteiger partial charge in [0.2, 0.25) is 0 Å². The molecule has 0 bridgehead atoms. The third kappa shape index (κ3) is 4.68. The number of β-amino-alcohol motifs (C(OH)–C–C–N with tert-alkyl or cyclic N) is 1. The second kappa shape index (κ2) is 9.79. The summed E-state index contributed by atoms with van der Waals surface area (Å²) < 4.78 is 2.12. The van der Waals surface area contributed by atoms with Gasteiger partial charge in [0, 0.05) is 48.0 Å². The Morgan fingerprint density at radius 2 is 1.89 bits per heavy atom. The Morgan fingerprint density at radius 1 is 1.09 bits per heavy atom. The second-order valence-electron chi connectivity index (χ2n) is 8.75. The SMILES string of the molecule is Cl.O=C(Nc1ccccc1-c1cn2c(CN3CC[C@@H](O)C3)csc2n1)c1ccc2ccccc2c1. The molecular formula is C27H25ClN4O2S. The van der Waals surface area contributed by atoms with Crippen molar-refractivity contribution in [2.24, 2.45) is 0 Å². The molecule has 2 N–H and O–H groups in total. The molecule has 178 valence electrons. The number of nitrogens with zero attached hydrogens (tertiary/aromatic N) is 3. The second-order valence-corrected chi connectivity index (χ2v) is 9.58. The number of hydrogen-bond acceptors (Lipinski definition) is 5. The van der Waals surface area contributed by atoms with E-state index in [0.29, 0.717) is 12.1 Å². The van der Waals surface area contributed by atoms with Crippen molar-refractivity contribution < 1.29 is 9.90 Å². The van der Waals surface area contributed by atoms with Crippen LogP contribution in [0.3, 0.4) is 0 Å². The summed E-state index contributed by atoms with van der Waals surface area (Å²) in [5.41, 5.74) is 4.22. The predicted molar refractivity (Wildman–Crippen MR) is 144 cm³/mol. The fraction of sp³-hybridized carbons (Fsp3) is 0.185. The first-order chi connectivity index (χ1) is 16.6. The third-order valence-corrected chi connectivity index (χ3v) is 7.27. The molecule has 3 heterocycles. The molecule has 1 amide bonds. The lowest BCUT2D eigenvalue weighted by atomic mass is 10.1. The van der Waals surface area contributed by atoms with Gasteiger partial charge in [-0.05, 0) is 35.4 Å². The summed E-state index contributed by atoms with van der Waals surface area (Å²) >= 11 is 1.61. The summed E-state index contributed by atoms with van der Waals surface area (Å²) in [6, 6.07) is 21.5. The molecule has 0 unspecified atom stereocenters. The number of likely N-dealkylation sites (tertiary alicyclic amines) is 1. The zero-order valence-corrected chi connectivity index (χ0v) is 20.6. The van der Waals surface area contributed by atoms with Gasteiger partial charge in [0.05, 0.1) is 17.5 Å². The van der Waals surface area contributed by atoms with E-state index in [0.717, 1.165) is 57.9 Å². The van der Waals surface area contributed by atoms with Crippen molar-refractivity contribution in [1.29, 1.82) is 0 Å². The van der Waals surface area contributed by atoms with E-state index in [1.54, 1.807) is 11.3 Å². The number of carbonyl (C=O) groups excluding carboxylic acids is 1. The highest BCUT2D eigenvalue weighted by Gasteiger charge is 2.22. The topological polar surface area (TPSA) is 69.9 Å². The van der Waals surface area contributed by atoms with E-state index in [4.69, 9.17) is 4.98 Å². The molecule has 1 aliphatic rings. The van der Waals surface area contributed by atoms with Crippen LogP contribution in [0.2, 0.25) is 0 Å². The molecule has 0 spiro atoms. The van der Waals surface area contributed by atoms with Gasteiger partial charge >= 0.3 is 0 Å². The number of carbonyl (C=O) groups is 1. The molecule has 1 atom stereocenters. The summed E-state index contributed by atoms with van der Waals surface area (Å²) in [5, 5.41) is 17.2. The van der Waals surface area contributed by atoms with Crippen molar-refractivity contribution in [3.05, 3.63) is 89.6 Å². The number of nitrogens with one attached hydrogen (secondary N) is 1. The predicted octanol–water partition coefficient (Wildman–Crippen LogP) is 5.46. The number of benzene rings is 3. The summed E-state index contributed by atoms with van der Waals surface area (Å²) in [7, 11) is 0. The summed E-state index contributed by atoms with van der Waals surface area (Å²) in [4.78, 5) is 21.1. The van der Waals surface area contributed by atoms with Gasteiger partial charge in [0.25, 0.3) is 5.91 Å². The third-order valence-electron chi connectivity index (χ3n) is 6.38. The number of para-hydroxylation sites is 1. The number of anilines is 1. The van der Waals surface area contributed by atoms with E-state index in [-0.39, 0.29) is 24.4 Å². The Morgan fingerprint density at radius 3 is 2.71 bits per heavy atom. The van der Waals surface area contributed by atoms with Gasteiger partial charge in [-0.1, -0.05) is 48.5 Å². The standard InChI is InChI=1S/C27H24N4O2S.ClH/c32-22-11-12-30(15-22)14-21-17-34-27-29-25(16-31(21)27)23-7-3-4-8-24(23)28-26(33)20-10-9-18-5-1-2-6-19(18)13-20;/h1-10,13,16-17,22,32H,11-12,14-15H2,(H,28,33);1H/t22-;/m1./s1. The maximum absolute atomic E-state index is 13.1. The lowest BCUT2D eigenvalue weighted by Crippen LogP contribution is -2.22. The van der Waals surface area contributed by atoms with Crippen LogP contribution in [-0.4, -0.2) is 44.5 Å². The number of aliphatic hydroxyl groups is 1. The van der Waals surface area contributed by atoms with Crippen molar-refractivity contribution in [3.8, 4) is 11.3 Å². The molecule has 0 radical (unpaired) electrons. The molecular weight excluding hydrogens is 480 g/mol. The Kier molecular flexibility index (Phi) is 6.58. The lowest BCUT2D eigenvalue weighted by molar-refractivity contribution is 0.102. The van der Waals surface area contributed by atoms with Crippen molar-refractivity contribution in [1.82, 2.24) is 14.3 Å². The molecule has 6 rings (SSSR count). The van der Waals surface area contributed by atoms with Crippen LogP contribution in [-0.2, 0) is 6.54 Å². The highest BCUT2D eigenvalue weighted by molar-refractivity contribution is 7.15. The van der Waals surface area contributed by atoms with Crippen molar-refractivity contribution in [2.45, 2.75) is 19.1 Å². The van der Waals surface area contributed by atoms with E-state index >= 15 is 0 Å². The monoisotopic (exact) mass is 504 g/mol. The quantitative estimate of drug-likeness (QED) is 0.333. The number of hydrogen-bond donors (Lipinski definition) is 2. The van der Waals surface area contributed by atoms with Crippen LogP contribution in [0.4, 0.5) is 5.69 Å². The molecule has 35 heavy (non-hydrogen) atoms. The Balaban J connectivity index is 0.00000253. The molecule has 1 aliphatic heterocycles. The van der Waals surface area contributed by atoms with Crippen LogP contribution in [0.25, 0.3) is 27.0 Å². The first-order valence-electron chi connectivity index (χ1n) is 11.4. The number of fused-ring (bicyclic) bond motifs is 2. The molecule has 2 aromatic heterocycles. The molecule has 6 nitrogen and oxygen atoms in total. The van der Waals surface area contributed by atoms with Crippen LogP contribution in [0.1, 0.15) is 22.5 Å². The normalized spacial score (nSPS) is 16.0. The zero-order chi connectivity index (χ0) is 23.1. The number of aromatic nitrogens is 2. The van der Waals surface area contributed by atoms with Gasteiger partial charge in [-0.25, -0.2) is 4.98 Å². The molecule has 0 aliphatic carbocycles. The summed E-state index contributed by atoms with van der Waals surface area (Å²) in [6.45, 7) is 2.40.